The third-order valence-corrected chi connectivity index (χ3v) is 3.92. The number of benzene rings is 3. The predicted molar refractivity (Wildman–Crippen MR) is 110 cm³/mol. The Bertz CT molecular complexity index is 887. The van der Waals surface area contributed by atoms with Crippen LogP contribution in [0.15, 0.2) is 78.9 Å². The lowest BCUT2D eigenvalue weighted by molar-refractivity contribution is 0.483. The lowest BCUT2D eigenvalue weighted by Crippen LogP contribution is -2.01. The van der Waals surface area contributed by atoms with Crippen molar-refractivity contribution in [1.82, 2.24) is 0 Å². The summed E-state index contributed by atoms with van der Waals surface area (Å²) in [5.74, 6) is 1.61. The van der Waals surface area contributed by atoms with E-state index in [0.29, 0.717) is 11.4 Å². The van der Waals surface area contributed by atoms with Crippen LogP contribution in [0.5, 0.6) is 11.5 Å². The van der Waals surface area contributed by atoms with E-state index in [9.17, 15) is 0 Å². The fourth-order valence-electron chi connectivity index (χ4n) is 2.57. The summed E-state index contributed by atoms with van der Waals surface area (Å²) in [4.78, 5) is 0. The standard InChI is InChI=1S/C22H23N3O/c1-2-6-22(16-9-14-20(23)21(24)15-16)25-17-10-12-19(13-11-17)26-18-7-4-3-5-8-18/h3-15,25H,2,23-24H2,1H3/b22-6+. The predicted octanol–water partition coefficient (Wildman–Crippen LogP) is 5.51. The molecule has 132 valence electrons. The Balaban J connectivity index is 1.75. The van der Waals surface area contributed by atoms with Crippen molar-refractivity contribution in [3.8, 4) is 11.5 Å². The summed E-state index contributed by atoms with van der Waals surface area (Å²) < 4.78 is 5.83. The van der Waals surface area contributed by atoms with Crippen LogP contribution in [0, 0.1) is 0 Å². The molecule has 3 rings (SSSR count). The number of hydrogen-bond donors (Lipinski definition) is 3. The zero-order valence-electron chi connectivity index (χ0n) is 14.8. The van der Waals surface area contributed by atoms with E-state index in [1.54, 1.807) is 0 Å². The molecule has 0 aliphatic heterocycles. The van der Waals surface area contributed by atoms with Crippen LogP contribution in [0.3, 0.4) is 0 Å². The molecule has 0 spiro atoms. The molecule has 3 aromatic carbocycles. The number of allylic oxidation sites excluding steroid dienone is 1. The van der Waals surface area contributed by atoms with E-state index in [-0.39, 0.29) is 0 Å². The Morgan fingerprint density at radius 2 is 1.58 bits per heavy atom. The van der Waals surface area contributed by atoms with Crippen molar-refractivity contribution in [3.05, 3.63) is 84.4 Å². The minimum absolute atomic E-state index is 0.581. The molecule has 0 aliphatic rings. The third kappa shape index (κ3) is 4.36. The molecule has 0 heterocycles. The lowest BCUT2D eigenvalue weighted by Gasteiger charge is -2.14. The van der Waals surface area contributed by atoms with Crippen LogP contribution in [0.4, 0.5) is 17.1 Å². The van der Waals surface area contributed by atoms with Gasteiger partial charge in [0, 0.05) is 11.4 Å². The van der Waals surface area contributed by atoms with Gasteiger partial charge in [-0.3, -0.25) is 0 Å². The zero-order valence-corrected chi connectivity index (χ0v) is 14.8. The van der Waals surface area contributed by atoms with Crippen molar-refractivity contribution < 1.29 is 4.74 Å². The first-order chi connectivity index (χ1) is 12.7. The number of ether oxygens (including phenoxy) is 1. The molecule has 0 fully saturated rings. The van der Waals surface area contributed by atoms with Crippen molar-refractivity contribution in [2.45, 2.75) is 13.3 Å². The largest absolute Gasteiger partial charge is 0.457 e. The van der Waals surface area contributed by atoms with Crippen molar-refractivity contribution in [1.29, 1.82) is 0 Å². The molecule has 0 radical (unpaired) electrons. The smallest absolute Gasteiger partial charge is 0.127 e. The van der Waals surface area contributed by atoms with Crippen molar-refractivity contribution in [2.24, 2.45) is 0 Å². The van der Waals surface area contributed by atoms with E-state index in [2.05, 4.69) is 18.3 Å². The summed E-state index contributed by atoms with van der Waals surface area (Å²) in [7, 11) is 0. The minimum Gasteiger partial charge on any atom is -0.457 e. The fraction of sp³-hybridized carbons (Fsp3) is 0.0909. The second kappa shape index (κ2) is 8.12. The van der Waals surface area contributed by atoms with Gasteiger partial charge in [0.25, 0.3) is 0 Å². The Hall–Kier alpha value is -3.40. The summed E-state index contributed by atoms with van der Waals surface area (Å²) in [6.45, 7) is 2.10. The van der Waals surface area contributed by atoms with Crippen LogP contribution in [0.25, 0.3) is 5.70 Å². The number of nitrogens with two attached hydrogens (primary N) is 2. The summed E-state index contributed by atoms with van der Waals surface area (Å²) in [6, 6.07) is 23.3. The molecular formula is C22H23N3O. The molecule has 0 saturated carbocycles. The summed E-state index contributed by atoms with van der Waals surface area (Å²) >= 11 is 0. The van der Waals surface area contributed by atoms with Gasteiger partial charge in [-0.1, -0.05) is 37.3 Å². The molecule has 4 heteroatoms. The first kappa shape index (κ1) is 17.4. The van der Waals surface area contributed by atoms with Gasteiger partial charge in [0.15, 0.2) is 0 Å². The molecule has 0 aliphatic carbocycles. The van der Waals surface area contributed by atoms with Crippen LogP contribution >= 0.6 is 0 Å². The van der Waals surface area contributed by atoms with E-state index in [1.807, 2.05) is 72.8 Å². The van der Waals surface area contributed by atoms with Crippen molar-refractivity contribution in [3.63, 3.8) is 0 Å². The number of hydrogen-bond acceptors (Lipinski definition) is 4. The first-order valence-corrected chi connectivity index (χ1v) is 8.61. The molecule has 5 N–H and O–H groups in total. The highest BCUT2D eigenvalue weighted by Crippen LogP contribution is 2.26. The van der Waals surface area contributed by atoms with Gasteiger partial charge in [-0.05, 0) is 60.5 Å². The average molecular weight is 345 g/mol. The van der Waals surface area contributed by atoms with Gasteiger partial charge >= 0.3 is 0 Å². The Morgan fingerprint density at radius 1 is 0.885 bits per heavy atom. The molecule has 0 aromatic heterocycles. The van der Waals surface area contributed by atoms with Gasteiger partial charge < -0.3 is 21.5 Å². The second-order valence-corrected chi connectivity index (χ2v) is 5.93. The molecule has 0 saturated heterocycles. The number of nitrogen functional groups attached to an aromatic ring is 2. The van der Waals surface area contributed by atoms with Gasteiger partial charge in [0.1, 0.15) is 11.5 Å². The van der Waals surface area contributed by atoms with Gasteiger partial charge in [-0.25, -0.2) is 0 Å². The maximum absolute atomic E-state index is 5.94. The van der Waals surface area contributed by atoms with Gasteiger partial charge in [-0.2, -0.15) is 0 Å². The normalized spacial score (nSPS) is 11.2. The van der Waals surface area contributed by atoms with Gasteiger partial charge in [0.05, 0.1) is 11.4 Å². The summed E-state index contributed by atoms with van der Waals surface area (Å²) in [5.41, 5.74) is 15.9. The van der Waals surface area contributed by atoms with Crippen LogP contribution in [-0.2, 0) is 0 Å². The highest BCUT2D eigenvalue weighted by Gasteiger charge is 2.05. The van der Waals surface area contributed by atoms with Crippen molar-refractivity contribution >= 4 is 22.8 Å². The highest BCUT2D eigenvalue weighted by molar-refractivity contribution is 5.80. The molecule has 3 aromatic rings. The molecule has 26 heavy (non-hydrogen) atoms. The summed E-state index contributed by atoms with van der Waals surface area (Å²) in [5, 5.41) is 3.44. The zero-order chi connectivity index (χ0) is 18.4. The number of para-hydroxylation sites is 1. The Morgan fingerprint density at radius 3 is 2.23 bits per heavy atom. The second-order valence-electron chi connectivity index (χ2n) is 5.93. The van der Waals surface area contributed by atoms with Crippen LogP contribution in [0.2, 0.25) is 0 Å². The molecule has 0 bridgehead atoms. The van der Waals surface area contributed by atoms with Crippen molar-refractivity contribution in [2.75, 3.05) is 16.8 Å². The fourth-order valence-corrected chi connectivity index (χ4v) is 2.57. The first-order valence-electron chi connectivity index (χ1n) is 8.61. The number of anilines is 3. The maximum Gasteiger partial charge on any atom is 0.127 e. The monoisotopic (exact) mass is 345 g/mol. The van der Waals surface area contributed by atoms with E-state index < -0.39 is 0 Å². The minimum atomic E-state index is 0.581. The molecule has 0 amide bonds. The van der Waals surface area contributed by atoms with Crippen LogP contribution in [-0.4, -0.2) is 0 Å². The highest BCUT2D eigenvalue weighted by atomic mass is 16.5. The van der Waals surface area contributed by atoms with E-state index in [1.165, 1.54) is 0 Å². The van der Waals surface area contributed by atoms with Crippen LogP contribution in [0.1, 0.15) is 18.9 Å². The Labute approximate surface area is 154 Å². The number of rotatable bonds is 6. The topological polar surface area (TPSA) is 73.3 Å². The maximum atomic E-state index is 5.94. The average Bonchev–Trinajstić information content (AvgIpc) is 2.66. The van der Waals surface area contributed by atoms with Crippen LogP contribution < -0.4 is 21.5 Å². The summed E-state index contributed by atoms with van der Waals surface area (Å²) in [6.07, 6.45) is 3.03. The molecule has 0 atom stereocenters. The van der Waals surface area contributed by atoms with Gasteiger partial charge in [0.2, 0.25) is 0 Å². The van der Waals surface area contributed by atoms with E-state index in [0.717, 1.165) is 34.9 Å². The Kier molecular flexibility index (Phi) is 5.44. The molecular weight excluding hydrogens is 322 g/mol. The van der Waals surface area contributed by atoms with Gasteiger partial charge in [-0.15, -0.1) is 0 Å². The molecule has 4 nitrogen and oxygen atoms in total. The van der Waals surface area contributed by atoms with E-state index >= 15 is 0 Å². The lowest BCUT2D eigenvalue weighted by atomic mass is 10.1. The quantitative estimate of drug-likeness (QED) is 0.515. The van der Waals surface area contributed by atoms with E-state index in [4.69, 9.17) is 16.2 Å². The number of nitrogens with one attached hydrogen (secondary N) is 1. The SMILES string of the molecule is CC/C=C(/Nc1ccc(Oc2ccccc2)cc1)c1ccc(N)c(N)c1. The third-order valence-electron chi connectivity index (χ3n) is 3.92. The molecule has 0 unspecified atom stereocenters.